The Bertz CT molecular complexity index is 435. The first-order chi connectivity index (χ1) is 9.65. The number of aliphatic hydroxyl groups excluding tert-OH is 1. The van der Waals surface area contributed by atoms with Gasteiger partial charge in [-0.15, -0.1) is 0 Å². The molecule has 0 saturated carbocycles. The maximum absolute atomic E-state index is 11.9. The van der Waals surface area contributed by atoms with Gasteiger partial charge in [-0.3, -0.25) is 4.79 Å². The molecule has 1 saturated heterocycles. The zero-order valence-corrected chi connectivity index (χ0v) is 12.2. The van der Waals surface area contributed by atoms with Crippen LogP contribution in [0.15, 0.2) is 24.3 Å². The standard InChI is InChI=1S/C15H20ClNO3/c16-12-5-7-14(8-6-12)20-10-2-4-15(19)17-9-1-3-13(18)11-17/h5-8,13,18H,1-4,9-11H2. The quantitative estimate of drug-likeness (QED) is 0.850. The van der Waals surface area contributed by atoms with E-state index in [2.05, 4.69) is 0 Å². The van der Waals surface area contributed by atoms with Crippen LogP contribution in [0.1, 0.15) is 25.7 Å². The number of aliphatic hydroxyl groups is 1. The Hall–Kier alpha value is -1.26. The second-order valence-electron chi connectivity index (χ2n) is 5.04. The molecule has 1 heterocycles. The number of amides is 1. The van der Waals surface area contributed by atoms with Crippen molar-refractivity contribution in [3.05, 3.63) is 29.3 Å². The molecule has 110 valence electrons. The van der Waals surface area contributed by atoms with Gasteiger partial charge in [0.15, 0.2) is 0 Å². The summed E-state index contributed by atoms with van der Waals surface area (Å²) < 4.78 is 5.54. The largest absolute Gasteiger partial charge is 0.494 e. The highest BCUT2D eigenvalue weighted by atomic mass is 35.5. The van der Waals surface area contributed by atoms with Crippen molar-refractivity contribution in [1.29, 1.82) is 0 Å². The maximum atomic E-state index is 11.9. The molecule has 1 N–H and O–H groups in total. The van der Waals surface area contributed by atoms with Gasteiger partial charge in [0.05, 0.1) is 12.7 Å². The molecule has 1 fully saturated rings. The lowest BCUT2D eigenvalue weighted by molar-refractivity contribution is -0.134. The van der Waals surface area contributed by atoms with Crippen LogP contribution >= 0.6 is 11.6 Å². The first-order valence-corrected chi connectivity index (χ1v) is 7.37. The average Bonchev–Trinajstić information content (AvgIpc) is 2.45. The van der Waals surface area contributed by atoms with Gasteiger partial charge in [0.1, 0.15) is 5.75 Å². The zero-order valence-electron chi connectivity index (χ0n) is 11.4. The van der Waals surface area contributed by atoms with Crippen LogP contribution in [-0.4, -0.2) is 41.7 Å². The number of halogens is 1. The third-order valence-electron chi connectivity index (χ3n) is 3.37. The summed E-state index contributed by atoms with van der Waals surface area (Å²) >= 11 is 5.79. The molecule has 4 nitrogen and oxygen atoms in total. The summed E-state index contributed by atoms with van der Waals surface area (Å²) in [4.78, 5) is 13.7. The summed E-state index contributed by atoms with van der Waals surface area (Å²) in [6, 6.07) is 7.17. The molecule has 1 unspecified atom stereocenters. The van der Waals surface area contributed by atoms with E-state index in [1.807, 2.05) is 12.1 Å². The minimum atomic E-state index is -0.363. The molecule has 20 heavy (non-hydrogen) atoms. The van der Waals surface area contributed by atoms with Crippen molar-refractivity contribution < 1.29 is 14.6 Å². The molecule has 1 aliphatic rings. The number of β-amino-alcohol motifs (C(OH)–C–C–N with tert-alkyl or cyclic N) is 1. The van der Waals surface area contributed by atoms with Crippen LogP contribution in [0.3, 0.4) is 0 Å². The second kappa shape index (κ2) is 7.50. The smallest absolute Gasteiger partial charge is 0.222 e. The van der Waals surface area contributed by atoms with E-state index in [0.29, 0.717) is 31.0 Å². The molecule has 0 aliphatic carbocycles. The van der Waals surface area contributed by atoms with Crippen LogP contribution in [-0.2, 0) is 4.79 Å². The SMILES string of the molecule is O=C(CCCOc1ccc(Cl)cc1)N1CCCC(O)C1. The predicted molar refractivity (Wildman–Crippen MR) is 78.0 cm³/mol. The van der Waals surface area contributed by atoms with E-state index in [0.717, 1.165) is 25.1 Å². The fraction of sp³-hybridized carbons (Fsp3) is 0.533. The lowest BCUT2D eigenvalue weighted by Crippen LogP contribution is -2.42. The average molecular weight is 298 g/mol. The second-order valence-corrected chi connectivity index (χ2v) is 5.48. The first-order valence-electron chi connectivity index (χ1n) is 6.99. The summed E-state index contributed by atoms with van der Waals surface area (Å²) in [7, 11) is 0. The summed E-state index contributed by atoms with van der Waals surface area (Å²) in [5.41, 5.74) is 0. The van der Waals surface area contributed by atoms with Gasteiger partial charge in [-0.2, -0.15) is 0 Å². The number of hydrogen-bond donors (Lipinski definition) is 1. The number of carbonyl (C=O) groups is 1. The molecular weight excluding hydrogens is 278 g/mol. The molecule has 2 rings (SSSR count). The number of benzene rings is 1. The van der Waals surface area contributed by atoms with Crippen molar-refractivity contribution in [2.24, 2.45) is 0 Å². The predicted octanol–water partition coefficient (Wildman–Crippen LogP) is 2.48. The van der Waals surface area contributed by atoms with Crippen molar-refractivity contribution >= 4 is 17.5 Å². The molecule has 1 amide bonds. The summed E-state index contributed by atoms with van der Waals surface area (Å²) in [5, 5.41) is 10.2. The fourth-order valence-corrected chi connectivity index (χ4v) is 2.41. The molecule has 1 aliphatic heterocycles. The van der Waals surface area contributed by atoms with Crippen molar-refractivity contribution in [2.75, 3.05) is 19.7 Å². The topological polar surface area (TPSA) is 49.8 Å². The molecule has 0 aromatic heterocycles. The Kier molecular flexibility index (Phi) is 5.68. The third-order valence-corrected chi connectivity index (χ3v) is 3.62. The van der Waals surface area contributed by atoms with E-state index in [4.69, 9.17) is 16.3 Å². The highest BCUT2D eigenvalue weighted by molar-refractivity contribution is 6.30. The maximum Gasteiger partial charge on any atom is 0.222 e. The number of carbonyl (C=O) groups excluding carboxylic acids is 1. The van der Waals surface area contributed by atoms with Crippen molar-refractivity contribution in [2.45, 2.75) is 31.8 Å². The Morgan fingerprint density at radius 1 is 1.40 bits per heavy atom. The fourth-order valence-electron chi connectivity index (χ4n) is 2.28. The summed E-state index contributed by atoms with van der Waals surface area (Å²) in [5.74, 6) is 0.860. The Morgan fingerprint density at radius 3 is 2.85 bits per heavy atom. The van der Waals surface area contributed by atoms with Crippen LogP contribution in [0.2, 0.25) is 5.02 Å². The molecule has 0 bridgehead atoms. The van der Waals surface area contributed by atoms with Crippen LogP contribution < -0.4 is 4.74 Å². The van der Waals surface area contributed by atoms with Crippen molar-refractivity contribution in [1.82, 2.24) is 4.90 Å². The molecule has 1 aromatic rings. The number of likely N-dealkylation sites (tertiary alicyclic amines) is 1. The molecule has 1 atom stereocenters. The van der Waals surface area contributed by atoms with Crippen LogP contribution in [0.5, 0.6) is 5.75 Å². The van der Waals surface area contributed by atoms with E-state index in [9.17, 15) is 9.90 Å². The Morgan fingerprint density at radius 2 is 2.15 bits per heavy atom. The molecule has 0 spiro atoms. The van der Waals surface area contributed by atoms with Gasteiger partial charge in [0.2, 0.25) is 5.91 Å². The lowest BCUT2D eigenvalue weighted by Gasteiger charge is -2.30. The highest BCUT2D eigenvalue weighted by Crippen LogP contribution is 2.16. The Labute approximate surface area is 124 Å². The molecular formula is C15H20ClNO3. The monoisotopic (exact) mass is 297 g/mol. The number of rotatable bonds is 5. The van der Waals surface area contributed by atoms with Gasteiger partial charge in [-0.1, -0.05) is 11.6 Å². The van der Waals surface area contributed by atoms with E-state index in [1.54, 1.807) is 17.0 Å². The summed E-state index contributed by atoms with van der Waals surface area (Å²) in [6.45, 7) is 1.73. The summed E-state index contributed by atoms with van der Waals surface area (Å²) in [6.07, 6.45) is 2.45. The zero-order chi connectivity index (χ0) is 14.4. The van der Waals surface area contributed by atoms with Gasteiger partial charge in [-0.05, 0) is 43.5 Å². The van der Waals surface area contributed by atoms with E-state index < -0.39 is 0 Å². The van der Waals surface area contributed by atoms with Gasteiger partial charge in [0.25, 0.3) is 0 Å². The van der Waals surface area contributed by atoms with Crippen molar-refractivity contribution in [3.8, 4) is 5.75 Å². The van der Waals surface area contributed by atoms with Gasteiger partial charge in [0, 0.05) is 24.5 Å². The van der Waals surface area contributed by atoms with Gasteiger partial charge >= 0.3 is 0 Å². The molecule has 5 heteroatoms. The minimum absolute atomic E-state index is 0.100. The van der Waals surface area contributed by atoms with E-state index in [1.165, 1.54) is 0 Å². The van der Waals surface area contributed by atoms with Crippen LogP contribution in [0.25, 0.3) is 0 Å². The van der Waals surface area contributed by atoms with Gasteiger partial charge in [-0.25, -0.2) is 0 Å². The third kappa shape index (κ3) is 4.69. The highest BCUT2D eigenvalue weighted by Gasteiger charge is 2.21. The molecule has 1 aromatic carbocycles. The van der Waals surface area contributed by atoms with E-state index in [-0.39, 0.29) is 12.0 Å². The number of hydrogen-bond acceptors (Lipinski definition) is 3. The number of piperidine rings is 1. The minimum Gasteiger partial charge on any atom is -0.494 e. The van der Waals surface area contributed by atoms with Crippen LogP contribution in [0, 0.1) is 0 Å². The lowest BCUT2D eigenvalue weighted by atomic mass is 10.1. The van der Waals surface area contributed by atoms with E-state index >= 15 is 0 Å². The van der Waals surface area contributed by atoms with Crippen LogP contribution in [0.4, 0.5) is 0 Å². The number of nitrogens with zero attached hydrogens (tertiary/aromatic N) is 1. The van der Waals surface area contributed by atoms with Gasteiger partial charge < -0.3 is 14.7 Å². The normalized spacial score (nSPS) is 18.9. The molecule has 0 radical (unpaired) electrons. The Balaban J connectivity index is 1.65. The number of ether oxygens (including phenoxy) is 1. The van der Waals surface area contributed by atoms with Crippen molar-refractivity contribution in [3.63, 3.8) is 0 Å². The first kappa shape index (κ1) is 15.1.